The molecule has 1 aromatic carbocycles. The molecule has 0 radical (unpaired) electrons. The van der Waals surface area contributed by atoms with Crippen molar-refractivity contribution in [1.82, 2.24) is 4.90 Å². The Hall–Kier alpha value is -0.970. The third-order valence-corrected chi connectivity index (χ3v) is 3.48. The summed E-state index contributed by atoms with van der Waals surface area (Å²) < 4.78 is 24.7. The second-order valence-electron chi connectivity index (χ2n) is 4.64. The molecule has 2 unspecified atom stereocenters. The highest BCUT2D eigenvalue weighted by molar-refractivity contribution is 5.23. The standard InChI is InChI=1S/C13H16FNO2/c1-2-15-7-12-8-16-13(9-15,17-12)10-3-5-11(14)6-4-10/h3-6,12H,2,7-9H2,1H3. The third-order valence-electron chi connectivity index (χ3n) is 3.48. The van der Waals surface area contributed by atoms with E-state index in [0.717, 1.165) is 18.7 Å². The molecule has 2 heterocycles. The first-order valence-corrected chi connectivity index (χ1v) is 6.02. The monoisotopic (exact) mass is 237 g/mol. The van der Waals surface area contributed by atoms with Crippen molar-refractivity contribution in [2.24, 2.45) is 0 Å². The zero-order chi connectivity index (χ0) is 11.9. The Labute approximate surface area is 100 Å². The van der Waals surface area contributed by atoms with Crippen molar-refractivity contribution < 1.29 is 13.9 Å². The summed E-state index contributed by atoms with van der Waals surface area (Å²) in [5, 5.41) is 0. The molecule has 0 amide bonds. The lowest BCUT2D eigenvalue weighted by atomic mass is 10.0. The van der Waals surface area contributed by atoms with Gasteiger partial charge in [0.15, 0.2) is 0 Å². The van der Waals surface area contributed by atoms with Gasteiger partial charge in [0.1, 0.15) is 5.82 Å². The van der Waals surface area contributed by atoms with Gasteiger partial charge in [-0.1, -0.05) is 19.1 Å². The van der Waals surface area contributed by atoms with E-state index in [1.807, 2.05) is 0 Å². The smallest absolute Gasteiger partial charge is 0.208 e. The molecule has 2 bridgehead atoms. The number of nitrogens with zero attached hydrogens (tertiary/aromatic N) is 1. The molecule has 0 N–H and O–H groups in total. The Kier molecular flexibility index (Phi) is 2.65. The minimum atomic E-state index is -0.688. The first kappa shape index (κ1) is 11.1. The lowest BCUT2D eigenvalue weighted by Gasteiger charge is -2.38. The Morgan fingerprint density at radius 3 is 2.88 bits per heavy atom. The number of hydrogen-bond acceptors (Lipinski definition) is 3. The van der Waals surface area contributed by atoms with E-state index in [2.05, 4.69) is 11.8 Å². The number of likely N-dealkylation sites (N-methyl/N-ethyl adjacent to an activating group) is 1. The van der Waals surface area contributed by atoms with Crippen molar-refractivity contribution in [1.29, 1.82) is 0 Å². The molecule has 0 saturated carbocycles. The average Bonchev–Trinajstić information content (AvgIpc) is 2.66. The van der Waals surface area contributed by atoms with Crippen molar-refractivity contribution in [3.63, 3.8) is 0 Å². The van der Waals surface area contributed by atoms with E-state index in [-0.39, 0.29) is 11.9 Å². The van der Waals surface area contributed by atoms with Crippen LogP contribution in [0.1, 0.15) is 12.5 Å². The topological polar surface area (TPSA) is 21.7 Å². The second kappa shape index (κ2) is 4.05. The fourth-order valence-electron chi connectivity index (χ4n) is 2.57. The van der Waals surface area contributed by atoms with Gasteiger partial charge in [0.2, 0.25) is 5.79 Å². The maximum Gasteiger partial charge on any atom is 0.208 e. The molecule has 2 saturated heterocycles. The van der Waals surface area contributed by atoms with Crippen LogP contribution in [0.2, 0.25) is 0 Å². The summed E-state index contributed by atoms with van der Waals surface area (Å²) in [7, 11) is 0. The Bertz CT molecular complexity index is 408. The van der Waals surface area contributed by atoms with Crippen LogP contribution in [0.4, 0.5) is 4.39 Å². The molecule has 2 aliphatic rings. The molecular weight excluding hydrogens is 221 g/mol. The number of hydrogen-bond donors (Lipinski definition) is 0. The molecule has 1 aromatic rings. The van der Waals surface area contributed by atoms with E-state index in [0.29, 0.717) is 13.2 Å². The molecule has 3 rings (SSSR count). The van der Waals surface area contributed by atoms with Crippen molar-refractivity contribution in [3.8, 4) is 0 Å². The minimum absolute atomic E-state index is 0.133. The van der Waals surface area contributed by atoms with Gasteiger partial charge in [0, 0.05) is 12.1 Å². The van der Waals surface area contributed by atoms with Crippen molar-refractivity contribution in [2.45, 2.75) is 18.8 Å². The Morgan fingerprint density at radius 2 is 2.18 bits per heavy atom. The average molecular weight is 237 g/mol. The van der Waals surface area contributed by atoms with E-state index in [4.69, 9.17) is 9.47 Å². The first-order chi connectivity index (χ1) is 8.22. The summed E-state index contributed by atoms with van der Waals surface area (Å²) in [6, 6.07) is 6.40. The van der Waals surface area contributed by atoms with Gasteiger partial charge >= 0.3 is 0 Å². The highest BCUT2D eigenvalue weighted by atomic mass is 19.1. The number of morpholine rings is 1. The Balaban J connectivity index is 1.92. The second-order valence-corrected chi connectivity index (χ2v) is 4.64. The summed E-state index contributed by atoms with van der Waals surface area (Å²) >= 11 is 0. The maximum absolute atomic E-state index is 12.9. The van der Waals surface area contributed by atoms with Gasteiger partial charge in [0.05, 0.1) is 19.3 Å². The first-order valence-electron chi connectivity index (χ1n) is 6.02. The largest absolute Gasteiger partial charge is 0.342 e. The predicted octanol–water partition coefficient (Wildman–Crippen LogP) is 1.73. The van der Waals surface area contributed by atoms with E-state index in [1.165, 1.54) is 12.1 Å². The van der Waals surface area contributed by atoms with Crippen molar-refractivity contribution >= 4 is 0 Å². The lowest BCUT2D eigenvalue weighted by molar-refractivity contribution is -0.212. The van der Waals surface area contributed by atoms with Crippen LogP contribution in [-0.4, -0.2) is 37.2 Å². The SMILES string of the molecule is CCN1CC2COC(c3ccc(F)cc3)(C1)O2. The van der Waals surface area contributed by atoms with E-state index < -0.39 is 5.79 Å². The predicted molar refractivity (Wildman–Crippen MR) is 61.0 cm³/mol. The zero-order valence-electron chi connectivity index (χ0n) is 9.86. The van der Waals surface area contributed by atoms with Crippen molar-refractivity contribution in [3.05, 3.63) is 35.6 Å². The van der Waals surface area contributed by atoms with E-state index >= 15 is 0 Å². The highest BCUT2D eigenvalue weighted by Crippen LogP contribution is 2.38. The highest BCUT2D eigenvalue weighted by Gasteiger charge is 2.48. The summed E-state index contributed by atoms with van der Waals surface area (Å²) in [6.45, 7) is 5.36. The summed E-state index contributed by atoms with van der Waals surface area (Å²) in [4.78, 5) is 2.31. The van der Waals surface area contributed by atoms with Crippen molar-refractivity contribution in [2.75, 3.05) is 26.2 Å². The fraction of sp³-hybridized carbons (Fsp3) is 0.538. The van der Waals surface area contributed by atoms with Crippen LogP contribution < -0.4 is 0 Å². The van der Waals surface area contributed by atoms with Gasteiger partial charge in [-0.3, -0.25) is 4.90 Å². The quantitative estimate of drug-likeness (QED) is 0.782. The number of halogens is 1. The van der Waals surface area contributed by atoms with Gasteiger partial charge < -0.3 is 9.47 Å². The molecule has 2 aliphatic heterocycles. The molecule has 92 valence electrons. The van der Waals surface area contributed by atoms with Gasteiger partial charge in [-0.2, -0.15) is 0 Å². The van der Waals surface area contributed by atoms with Crippen LogP contribution in [0.5, 0.6) is 0 Å². The zero-order valence-corrected chi connectivity index (χ0v) is 9.86. The third kappa shape index (κ3) is 1.86. The number of rotatable bonds is 2. The van der Waals surface area contributed by atoms with E-state index in [1.54, 1.807) is 12.1 Å². The molecule has 3 nitrogen and oxygen atoms in total. The fourth-order valence-corrected chi connectivity index (χ4v) is 2.57. The van der Waals surface area contributed by atoms with Gasteiger partial charge in [-0.15, -0.1) is 0 Å². The summed E-state index contributed by atoms with van der Waals surface area (Å²) in [5.41, 5.74) is 0.902. The van der Waals surface area contributed by atoms with Crippen LogP contribution in [0.25, 0.3) is 0 Å². The van der Waals surface area contributed by atoms with Crippen LogP contribution in [0.3, 0.4) is 0 Å². The molecule has 0 aromatic heterocycles. The van der Waals surface area contributed by atoms with Crippen LogP contribution >= 0.6 is 0 Å². The van der Waals surface area contributed by atoms with E-state index in [9.17, 15) is 4.39 Å². The molecule has 2 fully saturated rings. The Morgan fingerprint density at radius 1 is 1.41 bits per heavy atom. The molecule has 17 heavy (non-hydrogen) atoms. The van der Waals surface area contributed by atoms with Gasteiger partial charge in [0.25, 0.3) is 0 Å². The molecule has 0 aliphatic carbocycles. The van der Waals surface area contributed by atoms with Crippen LogP contribution in [0.15, 0.2) is 24.3 Å². The van der Waals surface area contributed by atoms with Crippen LogP contribution in [-0.2, 0) is 15.3 Å². The van der Waals surface area contributed by atoms with Crippen LogP contribution in [0, 0.1) is 5.82 Å². The number of benzene rings is 1. The summed E-state index contributed by atoms with van der Waals surface area (Å²) in [5.74, 6) is -0.921. The normalized spacial score (nSPS) is 32.9. The summed E-state index contributed by atoms with van der Waals surface area (Å²) in [6.07, 6.45) is 0.133. The molecule has 0 spiro atoms. The number of ether oxygens (including phenoxy) is 2. The number of fused-ring (bicyclic) bond motifs is 2. The minimum Gasteiger partial charge on any atom is -0.342 e. The molecule has 4 heteroatoms. The lowest BCUT2D eigenvalue weighted by Crippen LogP contribution is -2.49. The molecular formula is C13H16FNO2. The molecule has 2 atom stereocenters. The maximum atomic E-state index is 12.9. The van der Waals surface area contributed by atoms with Gasteiger partial charge in [-0.05, 0) is 18.7 Å². The van der Waals surface area contributed by atoms with Gasteiger partial charge in [-0.25, -0.2) is 4.39 Å².